The quantitative estimate of drug-likeness (QED) is 0.880. The van der Waals surface area contributed by atoms with Crippen LogP contribution in [0.15, 0.2) is 33.3 Å². The van der Waals surface area contributed by atoms with E-state index in [-0.39, 0.29) is 15.1 Å². The van der Waals surface area contributed by atoms with E-state index in [0.717, 1.165) is 35.5 Å². The molecular weight excluding hydrogens is 348 g/mol. The first-order valence-electron chi connectivity index (χ1n) is 7.88. The number of thiazole rings is 1. The molecule has 1 aliphatic rings. The number of aryl methyl sites for hydroxylation is 1. The highest BCUT2D eigenvalue weighted by molar-refractivity contribution is 7.91. The van der Waals surface area contributed by atoms with Crippen LogP contribution in [0.1, 0.15) is 37.1 Å². The Balaban J connectivity index is 1.92. The number of nitrogens with one attached hydrogen (secondary N) is 1. The Morgan fingerprint density at radius 3 is 2.62 bits per heavy atom. The van der Waals surface area contributed by atoms with E-state index in [2.05, 4.69) is 4.98 Å². The number of rotatable bonds is 5. The van der Waals surface area contributed by atoms with Crippen molar-refractivity contribution >= 4 is 21.4 Å². The van der Waals surface area contributed by atoms with Gasteiger partial charge in [0.15, 0.2) is 4.21 Å². The van der Waals surface area contributed by atoms with Crippen LogP contribution in [-0.4, -0.2) is 30.9 Å². The van der Waals surface area contributed by atoms with E-state index in [1.54, 1.807) is 6.92 Å². The van der Waals surface area contributed by atoms with E-state index in [1.165, 1.54) is 4.31 Å². The van der Waals surface area contributed by atoms with Crippen molar-refractivity contribution in [1.82, 2.24) is 9.29 Å². The van der Waals surface area contributed by atoms with Gasteiger partial charge in [0, 0.05) is 12.2 Å². The Morgan fingerprint density at radius 1 is 1.33 bits per heavy atom. The number of aromatic amines is 1. The maximum Gasteiger partial charge on any atom is 0.305 e. The molecule has 8 heteroatoms. The molecule has 130 valence electrons. The van der Waals surface area contributed by atoms with Gasteiger partial charge < -0.3 is 9.72 Å². The van der Waals surface area contributed by atoms with E-state index in [0.29, 0.717) is 18.8 Å². The van der Waals surface area contributed by atoms with Crippen LogP contribution in [0.2, 0.25) is 0 Å². The number of hydrogen-bond acceptors (Lipinski definition) is 5. The second kappa shape index (κ2) is 6.70. The average molecular weight is 368 g/mol. The van der Waals surface area contributed by atoms with E-state index in [1.807, 2.05) is 31.2 Å². The molecule has 2 heterocycles. The Bertz CT molecular complexity index is 868. The molecule has 0 amide bonds. The molecule has 0 radical (unpaired) electrons. The predicted molar refractivity (Wildman–Crippen MR) is 93.2 cm³/mol. The normalized spacial score (nSPS) is 18.8. The van der Waals surface area contributed by atoms with Gasteiger partial charge in [0.25, 0.3) is 10.0 Å². The summed E-state index contributed by atoms with van der Waals surface area (Å²) >= 11 is 0.754. The van der Waals surface area contributed by atoms with Gasteiger partial charge in [-0.1, -0.05) is 23.5 Å². The summed E-state index contributed by atoms with van der Waals surface area (Å²) in [5.41, 5.74) is 1.35. The third-order valence-corrected chi connectivity index (χ3v) is 7.59. The van der Waals surface area contributed by atoms with Gasteiger partial charge in [-0.05, 0) is 44.4 Å². The molecule has 1 N–H and O–H groups in total. The minimum atomic E-state index is -3.68. The summed E-state index contributed by atoms with van der Waals surface area (Å²) in [5.74, 6) is 0.772. The third-order valence-electron chi connectivity index (χ3n) is 4.10. The number of aromatic nitrogens is 1. The maximum atomic E-state index is 13.0. The molecule has 1 atom stereocenters. The molecule has 1 saturated heterocycles. The van der Waals surface area contributed by atoms with Crippen LogP contribution in [-0.2, 0) is 10.0 Å². The largest absolute Gasteiger partial charge is 0.494 e. The van der Waals surface area contributed by atoms with Gasteiger partial charge in [0.05, 0.1) is 12.6 Å². The van der Waals surface area contributed by atoms with Crippen LogP contribution in [0, 0.1) is 6.92 Å². The number of nitrogens with zero attached hydrogens (tertiary/aromatic N) is 1. The van der Waals surface area contributed by atoms with Crippen LogP contribution in [0.3, 0.4) is 0 Å². The molecule has 0 bridgehead atoms. The molecule has 6 nitrogen and oxygen atoms in total. The van der Waals surface area contributed by atoms with Crippen LogP contribution >= 0.6 is 11.3 Å². The van der Waals surface area contributed by atoms with Crippen molar-refractivity contribution in [3.8, 4) is 5.75 Å². The maximum absolute atomic E-state index is 13.0. The van der Waals surface area contributed by atoms with E-state index in [4.69, 9.17) is 4.74 Å². The van der Waals surface area contributed by atoms with Crippen LogP contribution in [0.4, 0.5) is 0 Å². The van der Waals surface area contributed by atoms with Gasteiger partial charge in [-0.2, -0.15) is 4.31 Å². The minimum Gasteiger partial charge on any atom is -0.494 e. The zero-order valence-electron chi connectivity index (χ0n) is 13.6. The molecule has 1 aliphatic heterocycles. The molecule has 0 aliphatic carbocycles. The first kappa shape index (κ1) is 17.2. The van der Waals surface area contributed by atoms with Gasteiger partial charge in [-0.25, -0.2) is 8.42 Å². The SMILES string of the molecule is CCOc1ccc([C@@H]2CCCN2S(=O)(=O)c2sc(=O)[nH]c2C)cc1. The Morgan fingerprint density at radius 2 is 2.04 bits per heavy atom. The first-order valence-corrected chi connectivity index (χ1v) is 10.1. The van der Waals surface area contributed by atoms with Crippen LogP contribution in [0.5, 0.6) is 5.75 Å². The number of ether oxygens (including phenoxy) is 1. The fourth-order valence-corrected chi connectivity index (χ4v) is 6.15. The first-order chi connectivity index (χ1) is 11.4. The van der Waals surface area contributed by atoms with E-state index >= 15 is 0 Å². The number of hydrogen-bond donors (Lipinski definition) is 1. The lowest BCUT2D eigenvalue weighted by Crippen LogP contribution is -2.30. The fraction of sp³-hybridized carbons (Fsp3) is 0.438. The highest BCUT2D eigenvalue weighted by atomic mass is 32.2. The van der Waals surface area contributed by atoms with Crippen LogP contribution < -0.4 is 9.61 Å². The summed E-state index contributed by atoms with van der Waals surface area (Å²) in [6.45, 7) is 4.59. The van der Waals surface area contributed by atoms with Crippen molar-refractivity contribution in [1.29, 1.82) is 0 Å². The predicted octanol–water partition coefficient (Wildman–Crippen LogP) is 2.67. The number of benzene rings is 1. The second-order valence-electron chi connectivity index (χ2n) is 5.70. The highest BCUT2D eigenvalue weighted by Crippen LogP contribution is 2.38. The Kier molecular flexibility index (Phi) is 4.80. The summed E-state index contributed by atoms with van der Waals surface area (Å²) in [6.07, 6.45) is 1.57. The van der Waals surface area contributed by atoms with Crippen molar-refractivity contribution in [2.75, 3.05) is 13.2 Å². The number of sulfonamides is 1. The summed E-state index contributed by atoms with van der Waals surface area (Å²) in [6, 6.07) is 7.34. The zero-order valence-corrected chi connectivity index (χ0v) is 15.2. The molecular formula is C16H20N2O4S2. The molecule has 1 fully saturated rings. The lowest BCUT2D eigenvalue weighted by Gasteiger charge is -2.24. The number of H-pyrrole nitrogens is 1. The van der Waals surface area contributed by atoms with Gasteiger partial charge in [-0.15, -0.1) is 0 Å². The van der Waals surface area contributed by atoms with Gasteiger partial charge in [-0.3, -0.25) is 4.79 Å². The van der Waals surface area contributed by atoms with Crippen molar-refractivity contribution in [3.63, 3.8) is 0 Å². The Hall–Kier alpha value is -1.64. The smallest absolute Gasteiger partial charge is 0.305 e. The second-order valence-corrected chi connectivity index (χ2v) is 8.77. The van der Waals surface area contributed by atoms with Crippen LogP contribution in [0.25, 0.3) is 0 Å². The van der Waals surface area contributed by atoms with E-state index < -0.39 is 10.0 Å². The molecule has 2 aromatic rings. The van der Waals surface area contributed by atoms with Gasteiger partial charge in [0.2, 0.25) is 0 Å². The van der Waals surface area contributed by atoms with Gasteiger partial charge >= 0.3 is 4.87 Å². The fourth-order valence-electron chi connectivity index (χ4n) is 3.06. The molecule has 0 spiro atoms. The standard InChI is InChI=1S/C16H20N2O4S2/c1-3-22-13-8-6-12(7-9-13)14-5-4-10-18(14)24(20,21)15-11(2)17-16(19)23-15/h6-9,14H,3-5,10H2,1-2H3,(H,17,19)/t14-/m0/s1. The summed E-state index contributed by atoms with van der Waals surface area (Å²) < 4.78 is 33.0. The lowest BCUT2D eigenvalue weighted by atomic mass is 10.1. The molecule has 24 heavy (non-hydrogen) atoms. The van der Waals surface area contributed by atoms with E-state index in [9.17, 15) is 13.2 Å². The molecule has 3 rings (SSSR count). The summed E-state index contributed by atoms with van der Waals surface area (Å²) in [7, 11) is -3.68. The lowest BCUT2D eigenvalue weighted by molar-refractivity contribution is 0.339. The third kappa shape index (κ3) is 3.13. The summed E-state index contributed by atoms with van der Waals surface area (Å²) in [4.78, 5) is 13.7. The van der Waals surface area contributed by atoms with Gasteiger partial charge in [0.1, 0.15) is 5.75 Å². The molecule has 1 aromatic carbocycles. The average Bonchev–Trinajstić information content (AvgIpc) is 3.15. The van der Waals surface area contributed by atoms with Crippen molar-refractivity contribution in [2.45, 2.75) is 36.9 Å². The topological polar surface area (TPSA) is 79.5 Å². The highest BCUT2D eigenvalue weighted by Gasteiger charge is 2.38. The Labute approximate surface area is 145 Å². The molecule has 0 unspecified atom stereocenters. The molecule has 1 aromatic heterocycles. The summed E-state index contributed by atoms with van der Waals surface area (Å²) in [5, 5.41) is 0. The monoisotopic (exact) mass is 368 g/mol. The zero-order chi connectivity index (χ0) is 17.3. The van der Waals surface area contributed by atoms with Crippen molar-refractivity contribution in [3.05, 3.63) is 45.2 Å². The molecule has 0 saturated carbocycles. The minimum absolute atomic E-state index is 0.116. The van der Waals surface area contributed by atoms with Crippen molar-refractivity contribution < 1.29 is 13.2 Å². The van der Waals surface area contributed by atoms with Crippen molar-refractivity contribution in [2.24, 2.45) is 0 Å².